The average Bonchev–Trinajstić information content (AvgIpc) is 4.02. The Labute approximate surface area is 388 Å². The fourth-order valence-electron chi connectivity index (χ4n) is 8.54. The number of nitrogens with zero attached hydrogens (tertiary/aromatic N) is 8. The number of pyridine rings is 4. The molecule has 338 valence electrons. The fourth-order valence-corrected chi connectivity index (χ4v) is 9.00. The second kappa shape index (κ2) is 18.6. The molecule has 6 aromatic heterocycles. The third-order valence-electron chi connectivity index (χ3n) is 12.0. The first-order chi connectivity index (χ1) is 31.8. The fraction of sp³-hybridized carbons (Fsp3) is 0.286. The Hall–Kier alpha value is -6.85. The summed E-state index contributed by atoms with van der Waals surface area (Å²) in [6.45, 7) is 8.86. The van der Waals surface area contributed by atoms with Crippen molar-refractivity contribution in [3.05, 3.63) is 120 Å². The molecular formula is C49H49BrF2N12O2. The third-order valence-corrected chi connectivity index (χ3v) is 12.7. The maximum atomic E-state index is 14.2. The molecule has 6 N–H and O–H groups in total. The number of piperidine rings is 2. The Morgan fingerprint density at radius 1 is 0.742 bits per heavy atom. The van der Waals surface area contributed by atoms with Crippen molar-refractivity contribution in [1.82, 2.24) is 50.1 Å². The van der Waals surface area contributed by atoms with Crippen molar-refractivity contribution >= 4 is 55.2 Å². The highest BCUT2D eigenvalue weighted by molar-refractivity contribution is 9.10. The first kappa shape index (κ1) is 44.4. The molecule has 0 unspecified atom stereocenters. The molecular weight excluding hydrogens is 907 g/mol. The highest BCUT2D eigenvalue weighted by Gasteiger charge is 2.28. The molecule has 0 radical (unpaired) electrons. The van der Waals surface area contributed by atoms with E-state index in [4.69, 9.17) is 16.2 Å². The summed E-state index contributed by atoms with van der Waals surface area (Å²) in [5, 5.41) is 17.9. The molecule has 0 saturated carbocycles. The van der Waals surface area contributed by atoms with E-state index in [0.29, 0.717) is 63.8 Å². The van der Waals surface area contributed by atoms with E-state index in [-0.39, 0.29) is 23.8 Å². The SMILES string of the molecule is CC(C)(C)OC(=O)N1CCC(n2cc(-c3cnc(N)c(-c4cc5c(Br)ccc(F)c5cn4)c3)cn2)CC1.Nc1ncc(-c2cn[nH]c2C2CCNCC2)cc1-c1cc2cccc(F)c2cn1. The Balaban J connectivity index is 0.000000171. The molecule has 0 bridgehead atoms. The van der Waals surface area contributed by atoms with Gasteiger partial charge in [-0.05, 0) is 107 Å². The number of nitrogens with one attached hydrogen (secondary N) is 2. The van der Waals surface area contributed by atoms with Crippen LogP contribution in [0.3, 0.4) is 0 Å². The van der Waals surface area contributed by atoms with Gasteiger partial charge in [0.25, 0.3) is 0 Å². The minimum absolute atomic E-state index is 0.183. The Bertz CT molecular complexity index is 3060. The first-order valence-corrected chi connectivity index (χ1v) is 22.7. The number of carbonyl (C=O) groups is 1. The summed E-state index contributed by atoms with van der Waals surface area (Å²) in [5.41, 5.74) is 19.4. The van der Waals surface area contributed by atoms with Gasteiger partial charge in [-0.15, -0.1) is 0 Å². The predicted octanol–water partition coefficient (Wildman–Crippen LogP) is 10.1. The molecule has 8 aromatic rings. The van der Waals surface area contributed by atoms with E-state index < -0.39 is 5.60 Å². The summed E-state index contributed by atoms with van der Waals surface area (Å²) in [7, 11) is 0. The lowest BCUT2D eigenvalue weighted by atomic mass is 9.90. The quantitative estimate of drug-likeness (QED) is 0.124. The smallest absolute Gasteiger partial charge is 0.410 e. The number of aromatic nitrogens is 8. The highest BCUT2D eigenvalue weighted by Crippen LogP contribution is 2.37. The summed E-state index contributed by atoms with van der Waals surface area (Å²) in [6, 6.07) is 15.8. The van der Waals surface area contributed by atoms with Crippen LogP contribution in [0.25, 0.3) is 66.3 Å². The van der Waals surface area contributed by atoms with E-state index in [2.05, 4.69) is 56.5 Å². The van der Waals surface area contributed by atoms with Crippen LogP contribution in [-0.2, 0) is 4.74 Å². The van der Waals surface area contributed by atoms with Crippen LogP contribution < -0.4 is 16.8 Å². The summed E-state index contributed by atoms with van der Waals surface area (Å²) in [6.07, 6.45) is 15.6. The van der Waals surface area contributed by atoms with Gasteiger partial charge in [-0.2, -0.15) is 10.2 Å². The molecule has 1 amide bonds. The predicted molar refractivity (Wildman–Crippen MR) is 256 cm³/mol. The number of nitrogen functional groups attached to an aromatic ring is 2. The van der Waals surface area contributed by atoms with Crippen LogP contribution in [0, 0.1) is 11.6 Å². The van der Waals surface area contributed by atoms with E-state index in [9.17, 15) is 13.6 Å². The Morgan fingerprint density at radius 3 is 2.14 bits per heavy atom. The third kappa shape index (κ3) is 9.44. The van der Waals surface area contributed by atoms with Crippen LogP contribution in [0.2, 0.25) is 0 Å². The van der Waals surface area contributed by atoms with Crippen LogP contribution in [0.1, 0.15) is 64.1 Å². The van der Waals surface area contributed by atoms with Gasteiger partial charge in [-0.1, -0.05) is 28.1 Å². The number of likely N-dealkylation sites (tertiary alicyclic amines) is 1. The van der Waals surface area contributed by atoms with Gasteiger partial charge in [0.05, 0.1) is 29.8 Å². The van der Waals surface area contributed by atoms with Gasteiger partial charge in [0.2, 0.25) is 0 Å². The maximum Gasteiger partial charge on any atom is 0.410 e. The number of anilines is 2. The number of ether oxygens (including phenoxy) is 1. The highest BCUT2D eigenvalue weighted by atomic mass is 79.9. The molecule has 2 saturated heterocycles. The molecule has 2 aliphatic rings. The van der Waals surface area contributed by atoms with Crippen molar-refractivity contribution in [1.29, 1.82) is 0 Å². The van der Waals surface area contributed by atoms with Gasteiger partial charge in [-0.3, -0.25) is 19.7 Å². The standard InChI is InChI=1S/C27H28BrFN6O2.C22H21FN6/c1-27(2,3)37-26(36)34-8-6-18(7-9-34)35-15-17(13-33-35)16-10-20(25(30)32-12-16)24-11-19-21(14-31-24)23(29)5-4-22(19)28;23-19-3-1-2-14-9-20(26-11-17(14)19)16-8-15(10-27-22(16)24)18-12-28-29-21(18)13-4-6-25-7-5-13/h4-5,10-15,18H,6-9H2,1-3H3,(H2,30,32);1-3,8-13,25H,4-7H2,(H2,24,27)(H,28,29). The second-order valence-corrected chi connectivity index (χ2v) is 18.5. The number of halogens is 3. The van der Waals surface area contributed by atoms with Crippen LogP contribution in [0.15, 0.2) is 102 Å². The molecule has 0 spiro atoms. The molecule has 2 aromatic carbocycles. The van der Waals surface area contributed by atoms with Crippen LogP contribution in [-0.4, -0.2) is 82.7 Å². The zero-order valence-electron chi connectivity index (χ0n) is 36.7. The van der Waals surface area contributed by atoms with Crippen LogP contribution in [0.5, 0.6) is 0 Å². The topological polar surface area (TPSA) is 192 Å². The zero-order valence-corrected chi connectivity index (χ0v) is 38.3. The number of aromatic amines is 1. The number of carbonyl (C=O) groups excluding carboxylic acids is 1. The molecule has 17 heteroatoms. The molecule has 2 fully saturated rings. The van der Waals surface area contributed by atoms with Crippen molar-refractivity contribution in [3.8, 4) is 44.8 Å². The Morgan fingerprint density at radius 2 is 1.41 bits per heavy atom. The number of hydrogen-bond donors (Lipinski definition) is 4. The van der Waals surface area contributed by atoms with Crippen molar-refractivity contribution in [2.45, 2.75) is 64.0 Å². The molecule has 2 aliphatic heterocycles. The monoisotopic (exact) mass is 954 g/mol. The van der Waals surface area contributed by atoms with Crippen molar-refractivity contribution < 1.29 is 18.3 Å². The lowest BCUT2D eigenvalue weighted by Crippen LogP contribution is -2.42. The number of benzene rings is 2. The van der Waals surface area contributed by atoms with E-state index >= 15 is 0 Å². The Kier molecular flexibility index (Phi) is 12.5. The lowest BCUT2D eigenvalue weighted by Gasteiger charge is -2.33. The molecule has 0 aliphatic carbocycles. The van der Waals surface area contributed by atoms with Crippen LogP contribution >= 0.6 is 15.9 Å². The number of fused-ring (bicyclic) bond motifs is 2. The summed E-state index contributed by atoms with van der Waals surface area (Å²) in [5.74, 6) is 0.554. The van der Waals surface area contributed by atoms with Gasteiger partial charge >= 0.3 is 6.09 Å². The molecule has 66 heavy (non-hydrogen) atoms. The van der Waals surface area contributed by atoms with Crippen molar-refractivity contribution in [3.63, 3.8) is 0 Å². The normalized spacial score (nSPS) is 14.9. The molecule has 0 atom stereocenters. The van der Waals surface area contributed by atoms with E-state index in [1.54, 1.807) is 41.8 Å². The number of amides is 1. The van der Waals surface area contributed by atoms with Gasteiger partial charge in [-0.25, -0.2) is 23.5 Å². The van der Waals surface area contributed by atoms with Gasteiger partial charge < -0.3 is 26.4 Å². The number of rotatable bonds is 6. The zero-order chi connectivity index (χ0) is 46.1. The van der Waals surface area contributed by atoms with Gasteiger partial charge in [0, 0.05) is 110 Å². The minimum Gasteiger partial charge on any atom is -0.444 e. The second-order valence-electron chi connectivity index (χ2n) is 17.6. The summed E-state index contributed by atoms with van der Waals surface area (Å²) >= 11 is 3.49. The number of H-pyrrole nitrogens is 1. The van der Waals surface area contributed by atoms with Crippen LogP contribution in [0.4, 0.5) is 25.2 Å². The summed E-state index contributed by atoms with van der Waals surface area (Å²) < 4.78 is 36.4. The minimum atomic E-state index is -0.508. The molecule has 10 rings (SSSR count). The largest absolute Gasteiger partial charge is 0.444 e. The van der Waals surface area contributed by atoms with E-state index in [0.717, 1.165) is 82.1 Å². The van der Waals surface area contributed by atoms with Gasteiger partial charge in [0.15, 0.2) is 0 Å². The summed E-state index contributed by atoms with van der Waals surface area (Å²) in [4.78, 5) is 31.8. The average molecular weight is 956 g/mol. The van der Waals surface area contributed by atoms with Crippen molar-refractivity contribution in [2.24, 2.45) is 0 Å². The number of nitrogens with two attached hydrogens (primary N) is 2. The molecule has 14 nitrogen and oxygen atoms in total. The molecule has 8 heterocycles. The van der Waals surface area contributed by atoms with E-state index in [1.165, 1.54) is 18.3 Å². The van der Waals surface area contributed by atoms with E-state index in [1.807, 2.05) is 68.2 Å². The lowest BCUT2D eigenvalue weighted by molar-refractivity contribution is 0.0184. The number of hydrogen-bond acceptors (Lipinski definition) is 11. The van der Waals surface area contributed by atoms with Gasteiger partial charge in [0.1, 0.15) is 28.9 Å². The van der Waals surface area contributed by atoms with Crippen molar-refractivity contribution in [2.75, 3.05) is 37.6 Å². The maximum absolute atomic E-state index is 14.2. The first-order valence-electron chi connectivity index (χ1n) is 21.9.